The number of nitrogens with zero attached hydrogens (tertiary/aromatic N) is 2. The smallest absolute Gasteiger partial charge is 0.271 e. The first kappa shape index (κ1) is 12.2. The van der Waals surface area contributed by atoms with Crippen LogP contribution in [0.25, 0.3) is 0 Å². The molecule has 1 aromatic carbocycles. The molecule has 0 radical (unpaired) electrons. The first-order chi connectivity index (χ1) is 8.08. The molecule has 0 aromatic heterocycles. The highest BCUT2D eigenvalue weighted by Gasteiger charge is 2.19. The van der Waals surface area contributed by atoms with Gasteiger partial charge >= 0.3 is 0 Å². The van der Waals surface area contributed by atoms with Crippen LogP contribution in [0.2, 0.25) is 5.02 Å². The van der Waals surface area contributed by atoms with E-state index in [1.807, 2.05) is 0 Å². The molecule has 0 unspecified atom stereocenters. The van der Waals surface area contributed by atoms with Gasteiger partial charge in [-0.15, -0.1) is 0 Å². The Balaban J connectivity index is 2.23. The Morgan fingerprint density at radius 1 is 1.53 bits per heavy atom. The molecule has 1 aliphatic rings. The third-order valence-corrected chi connectivity index (χ3v) is 3.44. The lowest BCUT2D eigenvalue weighted by Gasteiger charge is -2.33. The summed E-state index contributed by atoms with van der Waals surface area (Å²) in [5.41, 5.74) is 0.952. The van der Waals surface area contributed by atoms with Crippen LogP contribution in [0.1, 0.15) is 19.8 Å². The third-order valence-electron chi connectivity index (χ3n) is 3.14. The fraction of sp³-hybridized carbons (Fsp3) is 0.500. The highest BCUT2D eigenvalue weighted by atomic mass is 35.5. The Morgan fingerprint density at radius 2 is 2.29 bits per heavy atom. The molecular weight excluding hydrogens is 240 g/mol. The molecule has 0 bridgehead atoms. The number of non-ortho nitro benzene ring substituents is 1. The molecule has 0 saturated carbocycles. The van der Waals surface area contributed by atoms with Gasteiger partial charge in [-0.2, -0.15) is 0 Å². The Morgan fingerprint density at radius 3 is 2.88 bits per heavy atom. The molecular formula is C12H15ClN2O2. The predicted octanol–water partition coefficient (Wildman–Crippen LogP) is 3.48. The Bertz CT molecular complexity index is 437. The zero-order chi connectivity index (χ0) is 12.4. The summed E-state index contributed by atoms with van der Waals surface area (Å²) < 4.78 is 0. The van der Waals surface area contributed by atoms with Gasteiger partial charge in [0, 0.05) is 25.2 Å². The summed E-state index contributed by atoms with van der Waals surface area (Å²) in [7, 11) is 0. The second-order valence-electron chi connectivity index (χ2n) is 4.59. The van der Waals surface area contributed by atoms with Gasteiger partial charge in [-0.25, -0.2) is 0 Å². The van der Waals surface area contributed by atoms with E-state index in [0.29, 0.717) is 10.9 Å². The summed E-state index contributed by atoms with van der Waals surface area (Å²) in [5, 5.41) is 11.1. The number of anilines is 1. The molecule has 1 aliphatic heterocycles. The SMILES string of the molecule is C[C@@H]1CCCN(c2ccc([N+](=O)[O-])cc2Cl)C1. The summed E-state index contributed by atoms with van der Waals surface area (Å²) in [5.74, 6) is 0.648. The van der Waals surface area contributed by atoms with Crippen molar-refractivity contribution in [3.63, 3.8) is 0 Å². The standard InChI is InChI=1S/C12H15ClN2O2/c1-9-3-2-6-14(8-9)12-5-4-10(15(16)17)7-11(12)13/h4-5,7,9H,2-3,6,8H2,1H3/t9-/m1/s1. The van der Waals surface area contributed by atoms with E-state index < -0.39 is 4.92 Å². The van der Waals surface area contributed by atoms with Crippen LogP contribution in [0.4, 0.5) is 11.4 Å². The van der Waals surface area contributed by atoms with Crippen molar-refractivity contribution in [2.75, 3.05) is 18.0 Å². The van der Waals surface area contributed by atoms with E-state index in [0.717, 1.165) is 25.2 Å². The highest BCUT2D eigenvalue weighted by molar-refractivity contribution is 6.33. The van der Waals surface area contributed by atoms with Crippen LogP contribution in [0.5, 0.6) is 0 Å². The number of hydrogen-bond acceptors (Lipinski definition) is 3. The number of hydrogen-bond donors (Lipinski definition) is 0. The largest absolute Gasteiger partial charge is 0.370 e. The minimum atomic E-state index is -0.422. The normalized spacial score (nSPS) is 20.4. The summed E-state index contributed by atoms with van der Waals surface area (Å²) in [6.07, 6.45) is 2.38. The molecule has 92 valence electrons. The van der Waals surface area contributed by atoms with Gasteiger partial charge in [0.1, 0.15) is 0 Å². The molecule has 1 saturated heterocycles. The summed E-state index contributed by atoms with van der Waals surface area (Å²) in [4.78, 5) is 12.4. The highest BCUT2D eigenvalue weighted by Crippen LogP contribution is 2.32. The maximum Gasteiger partial charge on any atom is 0.271 e. The number of nitro benzene ring substituents is 1. The van der Waals surface area contributed by atoms with E-state index in [2.05, 4.69) is 11.8 Å². The second kappa shape index (κ2) is 4.92. The fourth-order valence-electron chi connectivity index (χ4n) is 2.27. The minimum Gasteiger partial charge on any atom is -0.370 e. The van der Waals surface area contributed by atoms with Crippen molar-refractivity contribution >= 4 is 23.0 Å². The van der Waals surface area contributed by atoms with Crippen molar-refractivity contribution in [1.29, 1.82) is 0 Å². The van der Waals surface area contributed by atoms with Crippen LogP contribution >= 0.6 is 11.6 Å². The molecule has 1 atom stereocenters. The molecule has 1 heterocycles. The second-order valence-corrected chi connectivity index (χ2v) is 4.99. The molecule has 0 N–H and O–H groups in total. The molecule has 5 heteroatoms. The first-order valence-electron chi connectivity index (χ1n) is 5.77. The Kier molecular flexibility index (Phi) is 3.52. The average Bonchev–Trinajstić information content (AvgIpc) is 2.28. The zero-order valence-corrected chi connectivity index (χ0v) is 10.5. The minimum absolute atomic E-state index is 0.0452. The maximum atomic E-state index is 10.6. The number of nitro groups is 1. The van der Waals surface area contributed by atoms with Crippen molar-refractivity contribution in [2.45, 2.75) is 19.8 Å². The van der Waals surface area contributed by atoms with Gasteiger partial charge in [0.15, 0.2) is 0 Å². The third kappa shape index (κ3) is 2.69. The van der Waals surface area contributed by atoms with E-state index in [1.54, 1.807) is 6.07 Å². The summed E-state index contributed by atoms with van der Waals surface area (Å²) >= 11 is 6.11. The van der Waals surface area contributed by atoms with E-state index in [9.17, 15) is 10.1 Å². The van der Waals surface area contributed by atoms with E-state index in [4.69, 9.17) is 11.6 Å². The summed E-state index contributed by atoms with van der Waals surface area (Å²) in [6, 6.07) is 4.69. The van der Waals surface area contributed by atoms with Crippen molar-refractivity contribution in [2.24, 2.45) is 5.92 Å². The predicted molar refractivity (Wildman–Crippen MR) is 68.7 cm³/mol. The number of benzene rings is 1. The zero-order valence-electron chi connectivity index (χ0n) is 9.73. The quantitative estimate of drug-likeness (QED) is 0.600. The van der Waals surface area contributed by atoms with Crippen LogP contribution in [-0.4, -0.2) is 18.0 Å². The lowest BCUT2D eigenvalue weighted by atomic mass is 10.00. The number of rotatable bonds is 2. The molecule has 1 fully saturated rings. The molecule has 17 heavy (non-hydrogen) atoms. The van der Waals surface area contributed by atoms with Crippen molar-refractivity contribution < 1.29 is 4.92 Å². The van der Waals surface area contributed by atoms with Crippen LogP contribution in [0.15, 0.2) is 18.2 Å². The lowest BCUT2D eigenvalue weighted by molar-refractivity contribution is -0.384. The summed E-state index contributed by atoms with van der Waals surface area (Å²) in [6.45, 7) is 4.16. The molecule has 4 nitrogen and oxygen atoms in total. The van der Waals surface area contributed by atoms with Crippen molar-refractivity contribution in [1.82, 2.24) is 0 Å². The maximum absolute atomic E-state index is 10.6. The van der Waals surface area contributed by atoms with Gasteiger partial charge in [0.25, 0.3) is 5.69 Å². The molecule has 1 aromatic rings. The molecule has 0 spiro atoms. The van der Waals surface area contributed by atoms with Gasteiger partial charge in [-0.3, -0.25) is 10.1 Å². The van der Waals surface area contributed by atoms with E-state index >= 15 is 0 Å². The number of halogens is 1. The van der Waals surface area contributed by atoms with Crippen molar-refractivity contribution in [3.8, 4) is 0 Å². The van der Waals surface area contributed by atoms with E-state index in [-0.39, 0.29) is 5.69 Å². The lowest BCUT2D eigenvalue weighted by Crippen LogP contribution is -2.34. The molecule has 2 rings (SSSR count). The van der Waals surface area contributed by atoms with Gasteiger partial charge in [-0.05, 0) is 24.8 Å². The topological polar surface area (TPSA) is 46.4 Å². The van der Waals surface area contributed by atoms with Gasteiger partial charge in [0.05, 0.1) is 15.6 Å². The van der Waals surface area contributed by atoms with Crippen LogP contribution in [0, 0.1) is 16.0 Å². The van der Waals surface area contributed by atoms with Crippen LogP contribution in [0.3, 0.4) is 0 Å². The number of piperidine rings is 1. The average molecular weight is 255 g/mol. The van der Waals surface area contributed by atoms with E-state index in [1.165, 1.54) is 18.6 Å². The van der Waals surface area contributed by atoms with Crippen LogP contribution in [-0.2, 0) is 0 Å². The van der Waals surface area contributed by atoms with Gasteiger partial charge < -0.3 is 4.90 Å². The van der Waals surface area contributed by atoms with Crippen LogP contribution < -0.4 is 4.90 Å². The fourth-order valence-corrected chi connectivity index (χ4v) is 2.57. The molecule has 0 amide bonds. The van der Waals surface area contributed by atoms with Crippen molar-refractivity contribution in [3.05, 3.63) is 33.3 Å². The molecule has 0 aliphatic carbocycles. The monoisotopic (exact) mass is 254 g/mol. The van der Waals surface area contributed by atoms with Gasteiger partial charge in [-0.1, -0.05) is 18.5 Å². The first-order valence-corrected chi connectivity index (χ1v) is 6.14. The Labute approximate surface area is 105 Å². The Hall–Kier alpha value is -1.29. The van der Waals surface area contributed by atoms with Gasteiger partial charge in [0.2, 0.25) is 0 Å².